The Balaban J connectivity index is 1.49. The second-order valence-electron chi connectivity index (χ2n) is 7.30. The van der Waals surface area contributed by atoms with Crippen LogP contribution in [-0.2, 0) is 6.54 Å². The number of anilines is 2. The third-order valence-corrected chi connectivity index (χ3v) is 5.34. The maximum absolute atomic E-state index is 11.2. The van der Waals surface area contributed by atoms with E-state index >= 15 is 0 Å². The summed E-state index contributed by atoms with van der Waals surface area (Å²) in [5, 5.41) is 12.7. The van der Waals surface area contributed by atoms with Gasteiger partial charge in [-0.05, 0) is 50.5 Å². The molecule has 3 aromatic rings. The van der Waals surface area contributed by atoms with Gasteiger partial charge in [-0.2, -0.15) is 0 Å². The van der Waals surface area contributed by atoms with Crippen molar-refractivity contribution >= 4 is 28.8 Å². The number of carboxylic acids is 1. The quantitative estimate of drug-likeness (QED) is 0.705. The molecule has 7 nitrogen and oxygen atoms in total. The summed E-state index contributed by atoms with van der Waals surface area (Å²) in [5.74, 6) is -0.222. The zero-order valence-electron chi connectivity index (χ0n) is 16.2. The van der Waals surface area contributed by atoms with Crippen molar-refractivity contribution in [2.24, 2.45) is 0 Å². The van der Waals surface area contributed by atoms with E-state index in [1.807, 2.05) is 11.5 Å². The van der Waals surface area contributed by atoms with Gasteiger partial charge in [0.25, 0.3) is 0 Å². The first-order valence-electron chi connectivity index (χ1n) is 9.73. The molecule has 1 aliphatic rings. The number of piperidine rings is 1. The molecule has 0 radical (unpaired) electrons. The van der Waals surface area contributed by atoms with E-state index in [-0.39, 0.29) is 5.56 Å². The Morgan fingerprint density at radius 2 is 2.07 bits per heavy atom. The van der Waals surface area contributed by atoms with Gasteiger partial charge in [-0.15, -0.1) is 0 Å². The van der Waals surface area contributed by atoms with Crippen LogP contribution >= 0.6 is 0 Å². The van der Waals surface area contributed by atoms with Gasteiger partial charge in [-0.1, -0.05) is 12.1 Å². The predicted octanol–water partition coefficient (Wildman–Crippen LogP) is 3.54. The number of carbonyl (C=O) groups is 1. The Bertz CT molecular complexity index is 1010. The number of benzene rings is 1. The molecule has 7 heteroatoms. The molecule has 0 spiro atoms. The van der Waals surface area contributed by atoms with Crippen LogP contribution in [0.2, 0.25) is 0 Å². The molecule has 1 saturated heterocycles. The Labute approximate surface area is 164 Å². The number of aromatic nitrogens is 3. The number of nitrogens with one attached hydrogen (secondary N) is 1. The monoisotopic (exact) mass is 379 g/mol. The van der Waals surface area contributed by atoms with E-state index in [4.69, 9.17) is 0 Å². The van der Waals surface area contributed by atoms with Crippen molar-refractivity contribution in [1.29, 1.82) is 0 Å². The van der Waals surface area contributed by atoms with Crippen LogP contribution in [0.15, 0.2) is 36.5 Å². The van der Waals surface area contributed by atoms with Crippen molar-refractivity contribution in [3.8, 4) is 0 Å². The van der Waals surface area contributed by atoms with E-state index < -0.39 is 5.97 Å². The first-order chi connectivity index (χ1) is 13.5. The smallest absolute Gasteiger partial charge is 0.337 e. The third kappa shape index (κ3) is 3.52. The Morgan fingerprint density at radius 1 is 1.29 bits per heavy atom. The summed E-state index contributed by atoms with van der Waals surface area (Å²) < 4.78 is 2.01. The molecule has 2 aromatic heterocycles. The molecule has 0 aliphatic carbocycles. The van der Waals surface area contributed by atoms with E-state index in [1.165, 1.54) is 17.4 Å². The van der Waals surface area contributed by atoms with Crippen molar-refractivity contribution in [1.82, 2.24) is 14.5 Å². The molecule has 1 fully saturated rings. The maximum atomic E-state index is 11.2. The lowest BCUT2D eigenvalue weighted by Crippen LogP contribution is -2.39. The van der Waals surface area contributed by atoms with E-state index in [9.17, 15) is 9.90 Å². The molecule has 1 aromatic carbocycles. The highest BCUT2D eigenvalue weighted by Crippen LogP contribution is 2.24. The summed E-state index contributed by atoms with van der Waals surface area (Å²) >= 11 is 0. The molecule has 2 N–H and O–H groups in total. The van der Waals surface area contributed by atoms with Crippen LogP contribution in [0.25, 0.3) is 11.2 Å². The molecule has 28 heavy (non-hydrogen) atoms. The number of fused-ring (bicyclic) bond motifs is 1. The Hall–Kier alpha value is -3.09. The van der Waals surface area contributed by atoms with Crippen LogP contribution in [-0.4, -0.2) is 44.7 Å². The Kier molecular flexibility index (Phi) is 4.90. The highest BCUT2D eigenvalue weighted by atomic mass is 16.4. The predicted molar refractivity (Wildman–Crippen MR) is 110 cm³/mol. The first kappa shape index (κ1) is 18.3. The normalized spacial score (nSPS) is 15.1. The van der Waals surface area contributed by atoms with Crippen LogP contribution in [0.1, 0.15) is 35.7 Å². The fourth-order valence-electron chi connectivity index (χ4n) is 3.83. The zero-order valence-corrected chi connectivity index (χ0v) is 16.2. The van der Waals surface area contributed by atoms with Crippen LogP contribution < -0.4 is 10.2 Å². The SMILES string of the molecule is CCn1c(NC2CCN(c3cccc(C)c3)CC2)nc2cc(C(=O)O)cnc21. The number of nitrogens with zero attached hydrogens (tertiary/aromatic N) is 4. The van der Waals surface area contributed by atoms with E-state index in [0.29, 0.717) is 17.2 Å². The fourth-order valence-corrected chi connectivity index (χ4v) is 3.83. The second kappa shape index (κ2) is 7.50. The number of hydrogen-bond donors (Lipinski definition) is 2. The van der Waals surface area contributed by atoms with Crippen LogP contribution in [0.5, 0.6) is 0 Å². The number of pyridine rings is 1. The van der Waals surface area contributed by atoms with Crippen LogP contribution in [0, 0.1) is 6.92 Å². The standard InChI is InChI=1S/C21H25N5O2/c1-3-26-19-18(12-15(13-22-19)20(27)28)24-21(26)23-16-7-9-25(10-8-16)17-6-4-5-14(2)11-17/h4-6,11-13,16H,3,7-10H2,1-2H3,(H,23,24)(H,27,28). The van der Waals surface area contributed by atoms with Crippen molar-refractivity contribution in [3.63, 3.8) is 0 Å². The topological polar surface area (TPSA) is 83.3 Å². The number of hydrogen-bond acceptors (Lipinski definition) is 5. The van der Waals surface area contributed by atoms with Gasteiger partial charge in [0.15, 0.2) is 5.65 Å². The van der Waals surface area contributed by atoms with Gasteiger partial charge in [0.1, 0.15) is 5.52 Å². The van der Waals surface area contributed by atoms with Crippen molar-refractivity contribution in [2.45, 2.75) is 39.3 Å². The molecule has 0 atom stereocenters. The minimum atomic E-state index is -0.988. The molecule has 3 heterocycles. The molecule has 0 bridgehead atoms. The lowest BCUT2D eigenvalue weighted by Gasteiger charge is -2.34. The summed E-state index contributed by atoms with van der Waals surface area (Å²) in [6.45, 7) is 6.88. The van der Waals surface area contributed by atoms with Gasteiger partial charge in [0.2, 0.25) is 5.95 Å². The lowest BCUT2D eigenvalue weighted by atomic mass is 10.0. The molecule has 4 rings (SSSR count). The van der Waals surface area contributed by atoms with Crippen molar-refractivity contribution < 1.29 is 9.90 Å². The largest absolute Gasteiger partial charge is 0.478 e. The molecular formula is C21H25N5O2. The van der Waals surface area contributed by atoms with Gasteiger partial charge in [-0.3, -0.25) is 4.57 Å². The van der Waals surface area contributed by atoms with Gasteiger partial charge < -0.3 is 15.3 Å². The summed E-state index contributed by atoms with van der Waals surface area (Å²) in [6.07, 6.45) is 3.44. The summed E-state index contributed by atoms with van der Waals surface area (Å²) in [6, 6.07) is 10.6. The maximum Gasteiger partial charge on any atom is 0.337 e. The minimum Gasteiger partial charge on any atom is -0.478 e. The van der Waals surface area contributed by atoms with E-state index in [0.717, 1.165) is 38.4 Å². The number of aryl methyl sites for hydroxylation is 2. The first-order valence-corrected chi connectivity index (χ1v) is 9.73. The van der Waals surface area contributed by atoms with E-state index in [1.54, 1.807) is 6.07 Å². The molecule has 0 unspecified atom stereocenters. The highest BCUT2D eigenvalue weighted by Gasteiger charge is 2.22. The van der Waals surface area contributed by atoms with Crippen LogP contribution in [0.4, 0.5) is 11.6 Å². The van der Waals surface area contributed by atoms with Crippen molar-refractivity contribution in [3.05, 3.63) is 47.7 Å². The van der Waals surface area contributed by atoms with Gasteiger partial charge in [-0.25, -0.2) is 14.8 Å². The summed E-state index contributed by atoms with van der Waals surface area (Å²) in [4.78, 5) is 22.6. The average molecular weight is 379 g/mol. The van der Waals surface area contributed by atoms with E-state index in [2.05, 4.69) is 51.4 Å². The second-order valence-corrected chi connectivity index (χ2v) is 7.30. The van der Waals surface area contributed by atoms with Gasteiger partial charge in [0.05, 0.1) is 5.56 Å². The third-order valence-electron chi connectivity index (χ3n) is 5.34. The van der Waals surface area contributed by atoms with Gasteiger partial charge >= 0.3 is 5.97 Å². The number of carboxylic acid groups (broad SMARTS) is 1. The van der Waals surface area contributed by atoms with Gasteiger partial charge in [0, 0.05) is 37.6 Å². The minimum absolute atomic E-state index is 0.159. The molecule has 146 valence electrons. The molecule has 0 amide bonds. The number of rotatable bonds is 5. The fraction of sp³-hybridized carbons (Fsp3) is 0.381. The summed E-state index contributed by atoms with van der Waals surface area (Å²) in [7, 11) is 0. The highest BCUT2D eigenvalue weighted by molar-refractivity contribution is 5.91. The van der Waals surface area contributed by atoms with Crippen molar-refractivity contribution in [2.75, 3.05) is 23.3 Å². The average Bonchev–Trinajstić information content (AvgIpc) is 3.04. The molecule has 1 aliphatic heterocycles. The number of aromatic carboxylic acids is 1. The summed E-state index contributed by atoms with van der Waals surface area (Å²) in [5.41, 5.74) is 4.05. The lowest BCUT2D eigenvalue weighted by molar-refractivity contribution is 0.0696. The molecular weight excluding hydrogens is 354 g/mol. The zero-order chi connectivity index (χ0) is 19.7. The Morgan fingerprint density at radius 3 is 2.75 bits per heavy atom. The van der Waals surface area contributed by atoms with Crippen LogP contribution in [0.3, 0.4) is 0 Å². The molecule has 0 saturated carbocycles. The number of imidazole rings is 1.